The second kappa shape index (κ2) is 8.35. The van der Waals surface area contributed by atoms with Crippen molar-refractivity contribution in [1.29, 1.82) is 0 Å². The van der Waals surface area contributed by atoms with Crippen LogP contribution >= 0.6 is 0 Å². The van der Waals surface area contributed by atoms with E-state index in [1.807, 2.05) is 42.5 Å². The smallest absolute Gasteiger partial charge is 0.255 e. The van der Waals surface area contributed by atoms with Gasteiger partial charge in [0, 0.05) is 18.5 Å². The fourth-order valence-electron chi connectivity index (χ4n) is 4.02. The van der Waals surface area contributed by atoms with Gasteiger partial charge < -0.3 is 9.64 Å². The second-order valence-corrected chi connectivity index (χ2v) is 7.87. The Bertz CT molecular complexity index is 1190. The fourth-order valence-corrected chi connectivity index (χ4v) is 4.02. The minimum absolute atomic E-state index is 0.220. The second-order valence-electron chi connectivity index (χ2n) is 7.87. The third-order valence-electron chi connectivity index (χ3n) is 5.68. The number of hydrogen-bond acceptors (Lipinski definition) is 6. The summed E-state index contributed by atoms with van der Waals surface area (Å²) in [5.41, 5.74) is 3.83. The van der Waals surface area contributed by atoms with Crippen molar-refractivity contribution in [3.63, 3.8) is 0 Å². The molecular formula is C23H21N5O4. The lowest BCUT2D eigenvalue weighted by atomic mass is 10.0. The lowest BCUT2D eigenvalue weighted by Crippen LogP contribution is -2.52. The molecule has 1 fully saturated rings. The van der Waals surface area contributed by atoms with Crippen LogP contribution in [0.5, 0.6) is 0 Å². The summed E-state index contributed by atoms with van der Waals surface area (Å²) in [6.45, 7) is 1.15. The Morgan fingerprint density at radius 3 is 2.72 bits per heavy atom. The number of aromatic nitrogens is 3. The average Bonchev–Trinajstić information content (AvgIpc) is 3.39. The molecule has 3 amide bonds. The molecular weight excluding hydrogens is 410 g/mol. The van der Waals surface area contributed by atoms with Crippen LogP contribution in [0.2, 0.25) is 0 Å². The summed E-state index contributed by atoms with van der Waals surface area (Å²) < 4.78 is 7.31. The third kappa shape index (κ3) is 3.90. The zero-order chi connectivity index (χ0) is 22.1. The Labute approximate surface area is 184 Å². The first-order valence-corrected chi connectivity index (χ1v) is 10.4. The molecule has 9 heteroatoms. The standard InChI is InChI=1S/C23H21N5O4/c29-21-9-8-20(22(30)24-21)27-11-16-6-7-18(10-19(16)23(27)31)28-12-17(25-26-28)14-32-13-15-4-2-1-3-5-15/h1-7,10,12,20H,8-9,11,13-14H2,(H,24,29,30). The first-order chi connectivity index (χ1) is 15.6. The molecule has 9 nitrogen and oxygen atoms in total. The van der Waals surface area contributed by atoms with E-state index < -0.39 is 11.9 Å². The summed E-state index contributed by atoms with van der Waals surface area (Å²) in [5, 5.41) is 10.6. The van der Waals surface area contributed by atoms with Crippen LogP contribution in [0, 0.1) is 0 Å². The molecule has 2 aromatic carbocycles. The largest absolute Gasteiger partial charge is 0.370 e. The minimum Gasteiger partial charge on any atom is -0.370 e. The molecule has 0 aliphatic carbocycles. The number of ether oxygens (including phenoxy) is 1. The monoisotopic (exact) mass is 431 g/mol. The van der Waals surface area contributed by atoms with E-state index in [9.17, 15) is 14.4 Å². The van der Waals surface area contributed by atoms with Gasteiger partial charge in [0.1, 0.15) is 11.7 Å². The van der Waals surface area contributed by atoms with Gasteiger partial charge in [-0.05, 0) is 29.7 Å². The van der Waals surface area contributed by atoms with Crippen molar-refractivity contribution in [3.05, 3.63) is 77.1 Å². The van der Waals surface area contributed by atoms with E-state index >= 15 is 0 Å². The molecule has 0 spiro atoms. The molecule has 1 saturated heterocycles. The number of carbonyl (C=O) groups is 3. The number of nitrogens with zero attached hydrogens (tertiary/aromatic N) is 4. The lowest BCUT2D eigenvalue weighted by Gasteiger charge is -2.29. The Morgan fingerprint density at radius 2 is 1.91 bits per heavy atom. The first kappa shape index (κ1) is 20.1. The number of amides is 3. The van der Waals surface area contributed by atoms with Crippen LogP contribution in [0.4, 0.5) is 0 Å². The van der Waals surface area contributed by atoms with Crippen molar-refractivity contribution in [2.45, 2.75) is 38.6 Å². The van der Waals surface area contributed by atoms with Gasteiger partial charge in [-0.15, -0.1) is 5.10 Å². The lowest BCUT2D eigenvalue weighted by molar-refractivity contribution is -0.136. The number of fused-ring (bicyclic) bond motifs is 1. The predicted octanol–water partition coefficient (Wildman–Crippen LogP) is 1.75. The van der Waals surface area contributed by atoms with Crippen LogP contribution in [-0.4, -0.2) is 43.7 Å². The number of imide groups is 1. The van der Waals surface area contributed by atoms with E-state index in [0.29, 0.717) is 43.1 Å². The molecule has 2 aliphatic heterocycles. The average molecular weight is 431 g/mol. The van der Waals surface area contributed by atoms with Crippen LogP contribution < -0.4 is 5.32 Å². The van der Waals surface area contributed by atoms with Crippen LogP contribution in [0.15, 0.2) is 54.7 Å². The summed E-state index contributed by atoms with van der Waals surface area (Å²) in [4.78, 5) is 38.1. The molecule has 1 aromatic heterocycles. The molecule has 0 saturated carbocycles. The van der Waals surface area contributed by atoms with Crippen molar-refractivity contribution in [2.75, 3.05) is 0 Å². The Balaban J connectivity index is 1.27. The minimum atomic E-state index is -0.629. The molecule has 1 unspecified atom stereocenters. The van der Waals surface area contributed by atoms with Gasteiger partial charge in [-0.1, -0.05) is 41.6 Å². The van der Waals surface area contributed by atoms with Crippen LogP contribution in [-0.2, 0) is 34.1 Å². The topological polar surface area (TPSA) is 106 Å². The molecule has 5 rings (SSSR count). The summed E-state index contributed by atoms with van der Waals surface area (Å²) >= 11 is 0. The van der Waals surface area contributed by atoms with E-state index in [2.05, 4.69) is 15.6 Å². The zero-order valence-corrected chi connectivity index (χ0v) is 17.2. The molecule has 1 N–H and O–H groups in total. The highest BCUT2D eigenvalue weighted by molar-refractivity contribution is 6.05. The number of rotatable bonds is 6. The third-order valence-corrected chi connectivity index (χ3v) is 5.68. The van der Waals surface area contributed by atoms with E-state index in [1.54, 1.807) is 16.9 Å². The highest BCUT2D eigenvalue weighted by Crippen LogP contribution is 2.29. The van der Waals surface area contributed by atoms with E-state index in [4.69, 9.17) is 4.74 Å². The highest BCUT2D eigenvalue weighted by atomic mass is 16.5. The maximum atomic E-state index is 13.0. The zero-order valence-electron chi connectivity index (χ0n) is 17.2. The van der Waals surface area contributed by atoms with Gasteiger partial charge in [0.05, 0.1) is 25.1 Å². The quantitative estimate of drug-likeness (QED) is 0.596. The van der Waals surface area contributed by atoms with Gasteiger partial charge in [0.15, 0.2) is 0 Å². The van der Waals surface area contributed by atoms with Gasteiger partial charge in [-0.3, -0.25) is 19.7 Å². The number of hydrogen-bond donors (Lipinski definition) is 1. The maximum Gasteiger partial charge on any atom is 0.255 e. The highest BCUT2D eigenvalue weighted by Gasteiger charge is 2.39. The molecule has 0 radical (unpaired) electrons. The molecule has 162 valence electrons. The molecule has 3 heterocycles. The van der Waals surface area contributed by atoms with E-state index in [1.165, 1.54) is 4.90 Å². The summed E-state index contributed by atoms with van der Waals surface area (Å²) in [5.74, 6) is -0.936. The number of benzene rings is 2. The van der Waals surface area contributed by atoms with Crippen molar-refractivity contribution in [2.24, 2.45) is 0 Å². The van der Waals surface area contributed by atoms with E-state index in [0.717, 1.165) is 11.1 Å². The van der Waals surface area contributed by atoms with Gasteiger partial charge >= 0.3 is 0 Å². The molecule has 32 heavy (non-hydrogen) atoms. The number of carbonyl (C=O) groups excluding carboxylic acids is 3. The molecule has 3 aromatic rings. The van der Waals surface area contributed by atoms with Crippen LogP contribution in [0.1, 0.15) is 40.0 Å². The Hall–Kier alpha value is -3.85. The summed E-state index contributed by atoms with van der Waals surface area (Å²) in [6.07, 6.45) is 2.34. The molecule has 2 aliphatic rings. The summed E-state index contributed by atoms with van der Waals surface area (Å²) in [7, 11) is 0. The fraction of sp³-hybridized carbons (Fsp3) is 0.261. The number of piperidine rings is 1. The SMILES string of the molecule is O=C1CCC(N2Cc3ccc(-n4cc(COCc5ccccc5)nn4)cc3C2=O)C(=O)N1. The van der Waals surface area contributed by atoms with Gasteiger partial charge in [0.2, 0.25) is 11.8 Å². The van der Waals surface area contributed by atoms with Crippen molar-refractivity contribution >= 4 is 17.7 Å². The van der Waals surface area contributed by atoms with Crippen molar-refractivity contribution in [1.82, 2.24) is 25.2 Å². The van der Waals surface area contributed by atoms with Gasteiger partial charge in [0.25, 0.3) is 5.91 Å². The Kier molecular flexibility index (Phi) is 5.24. The van der Waals surface area contributed by atoms with E-state index in [-0.39, 0.29) is 18.2 Å². The van der Waals surface area contributed by atoms with Crippen LogP contribution in [0.25, 0.3) is 5.69 Å². The van der Waals surface area contributed by atoms with Gasteiger partial charge in [-0.2, -0.15) is 0 Å². The van der Waals surface area contributed by atoms with Crippen molar-refractivity contribution < 1.29 is 19.1 Å². The molecule has 0 bridgehead atoms. The normalized spacial score (nSPS) is 18.1. The maximum absolute atomic E-state index is 13.0. The van der Waals surface area contributed by atoms with Crippen molar-refractivity contribution in [3.8, 4) is 5.69 Å². The first-order valence-electron chi connectivity index (χ1n) is 10.4. The Morgan fingerprint density at radius 1 is 1.06 bits per heavy atom. The van der Waals surface area contributed by atoms with Crippen LogP contribution in [0.3, 0.4) is 0 Å². The predicted molar refractivity (Wildman–Crippen MR) is 112 cm³/mol. The summed E-state index contributed by atoms with van der Waals surface area (Å²) in [6, 6.07) is 14.7. The molecule has 1 atom stereocenters. The number of nitrogens with one attached hydrogen (secondary N) is 1. The van der Waals surface area contributed by atoms with Gasteiger partial charge in [-0.25, -0.2) is 4.68 Å².